The zero-order valence-corrected chi connectivity index (χ0v) is 22.2. The Bertz CT molecular complexity index is 1160. The van der Waals surface area contributed by atoms with E-state index in [9.17, 15) is 4.79 Å². The number of likely N-dealkylation sites (N-methyl/N-ethyl adjacent to an activating group) is 1. The van der Waals surface area contributed by atoms with Gasteiger partial charge in [0.15, 0.2) is 0 Å². The Balaban J connectivity index is 1.23. The molecule has 1 aliphatic carbocycles. The molecule has 2 aromatic heterocycles. The summed E-state index contributed by atoms with van der Waals surface area (Å²) in [4.78, 5) is 34.3. The molecular weight excluding hydrogens is 464 g/mol. The predicted molar refractivity (Wildman–Crippen MR) is 147 cm³/mol. The van der Waals surface area contributed by atoms with Gasteiger partial charge in [0.1, 0.15) is 17.7 Å². The molecule has 37 heavy (non-hydrogen) atoms. The van der Waals surface area contributed by atoms with Crippen molar-refractivity contribution in [1.82, 2.24) is 25.2 Å². The summed E-state index contributed by atoms with van der Waals surface area (Å²) < 4.78 is 0. The average molecular weight is 503 g/mol. The second-order valence-electron chi connectivity index (χ2n) is 11.1. The Kier molecular flexibility index (Phi) is 6.26. The first-order valence-corrected chi connectivity index (χ1v) is 13.8. The Morgan fingerprint density at radius 1 is 1.08 bits per heavy atom. The highest BCUT2D eigenvalue weighted by Gasteiger charge is 2.49. The molecule has 9 nitrogen and oxygen atoms in total. The molecule has 4 aliphatic rings. The molecule has 3 aliphatic heterocycles. The molecule has 2 saturated heterocycles. The molecule has 196 valence electrons. The third kappa shape index (κ3) is 4.33. The molecule has 1 saturated carbocycles. The molecule has 0 bridgehead atoms. The van der Waals surface area contributed by atoms with Crippen LogP contribution in [0.2, 0.25) is 0 Å². The monoisotopic (exact) mass is 502 g/mol. The van der Waals surface area contributed by atoms with Gasteiger partial charge in [-0.05, 0) is 45.4 Å². The first-order chi connectivity index (χ1) is 18.0. The summed E-state index contributed by atoms with van der Waals surface area (Å²) in [5.41, 5.74) is 2.01. The number of carbonyl (C=O) groups excluding carboxylic acids is 1. The zero-order valence-electron chi connectivity index (χ0n) is 22.2. The number of hydrogen-bond donors (Lipinski definition) is 2. The molecule has 0 radical (unpaired) electrons. The highest BCUT2D eigenvalue weighted by atomic mass is 16.2. The molecule has 1 spiro atoms. The quantitative estimate of drug-likeness (QED) is 0.656. The lowest BCUT2D eigenvalue weighted by molar-refractivity contribution is -0.123. The fraction of sp³-hybridized carbons (Fsp3) is 0.571. The van der Waals surface area contributed by atoms with Gasteiger partial charge in [-0.3, -0.25) is 9.69 Å². The first-order valence-electron chi connectivity index (χ1n) is 13.8. The molecule has 1 unspecified atom stereocenters. The minimum absolute atomic E-state index is 0.0480. The van der Waals surface area contributed by atoms with Gasteiger partial charge in [-0.1, -0.05) is 38.3 Å². The third-order valence-electron chi connectivity index (χ3n) is 8.74. The van der Waals surface area contributed by atoms with Crippen molar-refractivity contribution in [2.45, 2.75) is 76.5 Å². The van der Waals surface area contributed by atoms with E-state index in [1.165, 1.54) is 19.3 Å². The number of aromatic nitrogens is 3. The van der Waals surface area contributed by atoms with E-state index in [1.807, 2.05) is 30.6 Å². The Hall–Kier alpha value is -3.20. The molecule has 3 atom stereocenters. The van der Waals surface area contributed by atoms with E-state index < -0.39 is 0 Å². The smallest absolute Gasteiger partial charge is 0.246 e. The topological polar surface area (TPSA) is 89.5 Å². The summed E-state index contributed by atoms with van der Waals surface area (Å²) in [6.07, 6.45) is 13.5. The van der Waals surface area contributed by atoms with Crippen LogP contribution in [0.4, 0.5) is 23.3 Å². The molecule has 9 heteroatoms. The van der Waals surface area contributed by atoms with E-state index >= 15 is 0 Å². The van der Waals surface area contributed by atoms with E-state index in [-0.39, 0.29) is 17.5 Å². The first kappa shape index (κ1) is 24.2. The van der Waals surface area contributed by atoms with Crippen LogP contribution in [0.25, 0.3) is 6.08 Å². The van der Waals surface area contributed by atoms with Crippen molar-refractivity contribution in [1.29, 1.82) is 0 Å². The highest BCUT2D eigenvalue weighted by Crippen LogP contribution is 2.43. The Labute approximate surface area is 219 Å². The van der Waals surface area contributed by atoms with Gasteiger partial charge in [-0.25, -0.2) is 9.97 Å². The van der Waals surface area contributed by atoms with Gasteiger partial charge >= 0.3 is 0 Å². The number of hydrogen-bond acceptors (Lipinski definition) is 8. The fourth-order valence-corrected chi connectivity index (χ4v) is 6.91. The van der Waals surface area contributed by atoms with E-state index in [0.717, 1.165) is 49.5 Å². The summed E-state index contributed by atoms with van der Waals surface area (Å²) in [6.45, 7) is 10.6. The van der Waals surface area contributed by atoms with Crippen molar-refractivity contribution in [3.8, 4) is 0 Å². The van der Waals surface area contributed by atoms with Crippen LogP contribution in [0, 0.1) is 0 Å². The number of anilines is 4. The van der Waals surface area contributed by atoms with Gasteiger partial charge in [0.25, 0.3) is 0 Å². The molecule has 0 aromatic carbocycles. The van der Waals surface area contributed by atoms with Crippen molar-refractivity contribution in [3.05, 3.63) is 36.2 Å². The normalized spacial score (nSPS) is 27.0. The van der Waals surface area contributed by atoms with Gasteiger partial charge in [0.05, 0.1) is 17.4 Å². The molecule has 3 fully saturated rings. The molecule has 2 aromatic rings. The van der Waals surface area contributed by atoms with E-state index in [2.05, 4.69) is 62.1 Å². The van der Waals surface area contributed by atoms with Crippen LogP contribution in [0.1, 0.15) is 58.4 Å². The summed E-state index contributed by atoms with van der Waals surface area (Å²) in [5.74, 6) is 2.11. The lowest BCUT2D eigenvalue weighted by Gasteiger charge is -2.54. The van der Waals surface area contributed by atoms with E-state index in [0.29, 0.717) is 30.4 Å². The van der Waals surface area contributed by atoms with Gasteiger partial charge < -0.3 is 20.4 Å². The van der Waals surface area contributed by atoms with Gasteiger partial charge in [-0.2, -0.15) is 4.98 Å². The maximum atomic E-state index is 12.8. The van der Waals surface area contributed by atoms with Gasteiger partial charge in [0, 0.05) is 43.5 Å². The third-order valence-corrected chi connectivity index (χ3v) is 8.74. The van der Waals surface area contributed by atoms with Gasteiger partial charge in [0.2, 0.25) is 11.9 Å². The summed E-state index contributed by atoms with van der Waals surface area (Å²) in [5, 5.41) is 6.47. The minimum atomic E-state index is -0.322. The fourth-order valence-electron chi connectivity index (χ4n) is 6.91. The van der Waals surface area contributed by atoms with Crippen LogP contribution in [0.15, 0.2) is 30.6 Å². The molecule has 1 amide bonds. The summed E-state index contributed by atoms with van der Waals surface area (Å²) in [7, 11) is 0. The summed E-state index contributed by atoms with van der Waals surface area (Å²) >= 11 is 0. The van der Waals surface area contributed by atoms with Crippen molar-refractivity contribution in [2.24, 2.45) is 0 Å². The van der Waals surface area contributed by atoms with Crippen LogP contribution in [0.5, 0.6) is 0 Å². The Morgan fingerprint density at radius 2 is 1.86 bits per heavy atom. The number of rotatable bonds is 4. The van der Waals surface area contributed by atoms with Crippen molar-refractivity contribution in [2.75, 3.05) is 41.3 Å². The van der Waals surface area contributed by atoms with Crippen molar-refractivity contribution < 1.29 is 4.79 Å². The van der Waals surface area contributed by atoms with Crippen molar-refractivity contribution in [3.63, 3.8) is 0 Å². The van der Waals surface area contributed by atoms with Crippen LogP contribution in [-0.4, -0.2) is 75.6 Å². The molecule has 6 rings (SSSR count). The standard InChI is InChI=1S/C28H38N8O/c1-4-35-19(2)16-34(17-20(35)3)22-9-11-24(29-15-22)32-27-30-14-21-8-10-23-26(37)31-18-28(12-6-5-7-13-28)36(23)25(21)33-27/h8-11,14-15,19-20,23H,4-7,12-13,16-18H2,1-3H3,(H,31,37)(H,29,30,32,33)/t19-,20+,23?. The highest BCUT2D eigenvalue weighted by molar-refractivity contribution is 5.93. The average Bonchev–Trinajstić information content (AvgIpc) is 2.91. The maximum absolute atomic E-state index is 12.8. The van der Waals surface area contributed by atoms with Crippen LogP contribution in [0.3, 0.4) is 0 Å². The molecular formula is C28H38N8O. The largest absolute Gasteiger partial charge is 0.367 e. The van der Waals surface area contributed by atoms with Crippen LogP contribution in [-0.2, 0) is 4.79 Å². The number of nitrogens with one attached hydrogen (secondary N) is 2. The van der Waals surface area contributed by atoms with E-state index in [1.54, 1.807) is 0 Å². The number of carbonyl (C=O) groups is 1. The number of fused-ring (bicyclic) bond motifs is 4. The maximum Gasteiger partial charge on any atom is 0.246 e. The number of nitrogens with zero attached hydrogens (tertiary/aromatic N) is 6. The molecule has 5 heterocycles. The van der Waals surface area contributed by atoms with Gasteiger partial charge in [-0.15, -0.1) is 0 Å². The van der Waals surface area contributed by atoms with E-state index in [4.69, 9.17) is 4.98 Å². The Morgan fingerprint density at radius 3 is 2.57 bits per heavy atom. The minimum Gasteiger partial charge on any atom is -0.367 e. The van der Waals surface area contributed by atoms with Crippen molar-refractivity contribution >= 4 is 35.3 Å². The second kappa shape index (κ2) is 9.59. The van der Waals surface area contributed by atoms with Crippen LogP contribution < -0.4 is 20.4 Å². The lowest BCUT2D eigenvalue weighted by atomic mass is 9.77. The lowest BCUT2D eigenvalue weighted by Crippen LogP contribution is -2.69. The predicted octanol–water partition coefficient (Wildman–Crippen LogP) is 3.57. The molecule has 2 N–H and O–H groups in total. The number of piperazine rings is 2. The van der Waals surface area contributed by atoms with Crippen LogP contribution >= 0.6 is 0 Å². The zero-order chi connectivity index (χ0) is 25.6. The number of pyridine rings is 1. The SMILES string of the molecule is CCN1[C@H](C)CN(c2ccc(Nc3ncc4c(n3)N3C(C=C4)C(=O)NCC34CCCCC4)nc2)C[C@@H]1C. The summed E-state index contributed by atoms with van der Waals surface area (Å²) in [6, 6.07) is 4.83. The second-order valence-corrected chi connectivity index (χ2v) is 11.1. The number of amides is 1.